The number of alkyl carbamates (subject to hydrolysis) is 1. The lowest BCUT2D eigenvalue weighted by molar-refractivity contribution is -0.135. The van der Waals surface area contributed by atoms with Crippen molar-refractivity contribution in [1.29, 1.82) is 0 Å². The number of carbonyl (C=O) groups is 4. The lowest BCUT2D eigenvalue weighted by Crippen LogP contribution is -2.45. The number of nitrogens with one attached hydrogen (secondary N) is 3. The summed E-state index contributed by atoms with van der Waals surface area (Å²) in [6.07, 6.45) is 8.15. The largest absolute Gasteiger partial charge is 0.444 e. The van der Waals surface area contributed by atoms with Gasteiger partial charge in [0, 0.05) is 43.2 Å². The molecular formula is C34H39N5O5. The molecule has 3 aromatic rings. The fraction of sp³-hybridized carbons (Fsp3) is 0.324. The van der Waals surface area contributed by atoms with Crippen LogP contribution in [0.4, 0.5) is 10.5 Å². The Morgan fingerprint density at radius 3 is 2.52 bits per heavy atom. The van der Waals surface area contributed by atoms with Crippen LogP contribution in [-0.4, -0.2) is 52.4 Å². The Morgan fingerprint density at radius 2 is 1.80 bits per heavy atom. The number of benzene rings is 2. The van der Waals surface area contributed by atoms with Gasteiger partial charge >= 0.3 is 6.09 Å². The van der Waals surface area contributed by atoms with Crippen LogP contribution in [0.25, 0.3) is 0 Å². The van der Waals surface area contributed by atoms with Gasteiger partial charge in [0.2, 0.25) is 5.91 Å². The Labute approximate surface area is 257 Å². The highest BCUT2D eigenvalue weighted by Crippen LogP contribution is 2.30. The third kappa shape index (κ3) is 9.26. The fourth-order valence-electron chi connectivity index (χ4n) is 4.83. The summed E-state index contributed by atoms with van der Waals surface area (Å²) >= 11 is 0. The molecule has 4 rings (SSSR count). The third-order valence-electron chi connectivity index (χ3n) is 6.87. The van der Waals surface area contributed by atoms with Crippen molar-refractivity contribution in [3.05, 3.63) is 108 Å². The molecule has 4 amide bonds. The van der Waals surface area contributed by atoms with E-state index in [0.29, 0.717) is 36.2 Å². The van der Waals surface area contributed by atoms with Crippen LogP contribution in [0.3, 0.4) is 0 Å². The lowest BCUT2D eigenvalue weighted by atomic mass is 9.97. The minimum absolute atomic E-state index is 0.166. The van der Waals surface area contributed by atoms with Crippen molar-refractivity contribution in [3.8, 4) is 0 Å². The van der Waals surface area contributed by atoms with E-state index in [2.05, 4.69) is 27.0 Å². The maximum atomic E-state index is 14.1. The molecular weight excluding hydrogens is 558 g/mol. The molecule has 0 bridgehead atoms. The van der Waals surface area contributed by atoms with E-state index in [4.69, 9.17) is 4.74 Å². The van der Waals surface area contributed by atoms with Gasteiger partial charge in [-0.1, -0.05) is 54.6 Å². The summed E-state index contributed by atoms with van der Waals surface area (Å²) in [6, 6.07) is 18.4. The monoisotopic (exact) mass is 597 g/mol. The van der Waals surface area contributed by atoms with E-state index in [1.807, 2.05) is 48.5 Å². The highest BCUT2D eigenvalue weighted by molar-refractivity contribution is 5.99. The maximum absolute atomic E-state index is 14.1. The fourth-order valence-corrected chi connectivity index (χ4v) is 4.83. The first-order valence-electron chi connectivity index (χ1n) is 14.7. The summed E-state index contributed by atoms with van der Waals surface area (Å²) in [4.78, 5) is 57.9. The number of aromatic nitrogens is 1. The molecule has 44 heavy (non-hydrogen) atoms. The normalized spacial score (nSPS) is 15.2. The van der Waals surface area contributed by atoms with Crippen molar-refractivity contribution in [2.45, 2.75) is 57.7 Å². The number of ether oxygens (including phenoxy) is 1. The van der Waals surface area contributed by atoms with Crippen LogP contribution in [-0.2, 0) is 14.3 Å². The third-order valence-corrected chi connectivity index (χ3v) is 6.87. The zero-order chi connectivity index (χ0) is 31.5. The molecule has 0 aliphatic carbocycles. The van der Waals surface area contributed by atoms with Gasteiger partial charge in [0.05, 0.1) is 6.04 Å². The highest BCUT2D eigenvalue weighted by Gasteiger charge is 2.33. The highest BCUT2D eigenvalue weighted by atomic mass is 16.6. The quantitative estimate of drug-likeness (QED) is 0.214. The van der Waals surface area contributed by atoms with Gasteiger partial charge in [-0.25, -0.2) is 4.79 Å². The van der Waals surface area contributed by atoms with Crippen molar-refractivity contribution < 1.29 is 23.9 Å². The molecule has 1 aliphatic heterocycles. The topological polar surface area (TPSA) is 130 Å². The zero-order valence-electron chi connectivity index (χ0n) is 25.3. The van der Waals surface area contributed by atoms with Gasteiger partial charge in [-0.15, -0.1) is 0 Å². The standard InChI is InChI=1S/C34H39N5O5/c1-34(2,3)44-33(43)36-20-11-18-29(40)37-27-16-9-14-25(22-27)31(41)38-30(24-12-5-4-6-13-24)32(42)39-21-8-7-17-28(39)26-15-10-19-35-23-26/h4-10,12-16,19,22-23,28,30H,11,17-18,20-21H2,1-3H3,(H,36,43)(H,37,40)(H,38,41)/t28-,30+/m1/s1. The Hall–Kier alpha value is -4.99. The summed E-state index contributed by atoms with van der Waals surface area (Å²) in [5.41, 5.74) is 1.73. The van der Waals surface area contributed by atoms with Crippen molar-refractivity contribution in [1.82, 2.24) is 20.5 Å². The number of carbonyl (C=O) groups excluding carboxylic acids is 4. The molecule has 10 nitrogen and oxygen atoms in total. The first-order chi connectivity index (χ1) is 21.1. The van der Waals surface area contributed by atoms with Crippen LogP contribution in [0.2, 0.25) is 0 Å². The molecule has 3 N–H and O–H groups in total. The predicted octanol–water partition coefficient (Wildman–Crippen LogP) is 5.33. The summed E-state index contributed by atoms with van der Waals surface area (Å²) in [7, 11) is 0. The van der Waals surface area contributed by atoms with Crippen molar-refractivity contribution in [3.63, 3.8) is 0 Å². The summed E-state index contributed by atoms with van der Waals surface area (Å²) in [5.74, 6) is -0.937. The van der Waals surface area contributed by atoms with Gasteiger partial charge in [0.1, 0.15) is 11.6 Å². The first-order valence-corrected chi connectivity index (χ1v) is 14.7. The van der Waals surface area contributed by atoms with E-state index >= 15 is 0 Å². The average molecular weight is 598 g/mol. The SMILES string of the molecule is CC(C)(C)OC(=O)NCCCC(=O)Nc1cccc(C(=O)N[C@H](C(=O)N2CC=CC[C@@H]2c2cccnc2)c2ccccc2)c1. The molecule has 2 atom stereocenters. The van der Waals surface area contributed by atoms with E-state index in [9.17, 15) is 19.2 Å². The lowest BCUT2D eigenvalue weighted by Gasteiger charge is -2.36. The van der Waals surface area contributed by atoms with Gasteiger partial charge < -0.3 is 25.6 Å². The Bertz CT molecular complexity index is 1470. The molecule has 0 spiro atoms. The zero-order valence-corrected chi connectivity index (χ0v) is 25.3. The summed E-state index contributed by atoms with van der Waals surface area (Å²) < 4.78 is 5.19. The van der Waals surface area contributed by atoms with Gasteiger partial charge in [0.25, 0.3) is 11.8 Å². The number of hydrogen-bond donors (Lipinski definition) is 3. The number of amides is 4. The number of hydrogen-bond acceptors (Lipinski definition) is 6. The van der Waals surface area contributed by atoms with Crippen LogP contribution in [0, 0.1) is 0 Å². The van der Waals surface area contributed by atoms with Crippen LogP contribution in [0.1, 0.15) is 73.6 Å². The smallest absolute Gasteiger partial charge is 0.407 e. The van der Waals surface area contributed by atoms with Crippen molar-refractivity contribution in [2.75, 3.05) is 18.4 Å². The minimum atomic E-state index is -0.926. The van der Waals surface area contributed by atoms with E-state index in [-0.39, 0.29) is 30.8 Å². The van der Waals surface area contributed by atoms with E-state index in [1.165, 1.54) is 0 Å². The Kier molecular flexibility index (Phi) is 10.9. The number of nitrogens with zero attached hydrogens (tertiary/aromatic N) is 2. The second kappa shape index (κ2) is 15.0. The Balaban J connectivity index is 1.41. The molecule has 0 saturated carbocycles. The maximum Gasteiger partial charge on any atom is 0.407 e. The van der Waals surface area contributed by atoms with Crippen LogP contribution in [0.5, 0.6) is 0 Å². The molecule has 10 heteroatoms. The molecule has 1 aliphatic rings. The van der Waals surface area contributed by atoms with Gasteiger partial charge in [0.15, 0.2) is 0 Å². The van der Waals surface area contributed by atoms with Gasteiger partial charge in [-0.3, -0.25) is 19.4 Å². The van der Waals surface area contributed by atoms with Crippen LogP contribution >= 0.6 is 0 Å². The number of rotatable bonds is 10. The molecule has 0 unspecified atom stereocenters. The molecule has 0 saturated heterocycles. The van der Waals surface area contributed by atoms with Gasteiger partial charge in [-0.2, -0.15) is 0 Å². The predicted molar refractivity (Wildman–Crippen MR) is 168 cm³/mol. The molecule has 2 aromatic carbocycles. The van der Waals surface area contributed by atoms with Crippen molar-refractivity contribution >= 4 is 29.5 Å². The van der Waals surface area contributed by atoms with Crippen LogP contribution < -0.4 is 16.0 Å². The van der Waals surface area contributed by atoms with Gasteiger partial charge in [-0.05, 0) is 69.0 Å². The minimum Gasteiger partial charge on any atom is -0.444 e. The van der Waals surface area contributed by atoms with Crippen LogP contribution in [0.15, 0.2) is 91.3 Å². The van der Waals surface area contributed by atoms with Crippen molar-refractivity contribution in [2.24, 2.45) is 0 Å². The molecule has 230 valence electrons. The number of anilines is 1. The molecule has 0 radical (unpaired) electrons. The summed E-state index contributed by atoms with van der Waals surface area (Å²) in [5, 5.41) is 8.36. The van der Waals surface area contributed by atoms with E-state index in [0.717, 1.165) is 5.56 Å². The average Bonchev–Trinajstić information content (AvgIpc) is 3.01. The summed E-state index contributed by atoms with van der Waals surface area (Å²) in [6.45, 7) is 6.03. The Morgan fingerprint density at radius 1 is 1.00 bits per heavy atom. The second-order valence-corrected chi connectivity index (χ2v) is 11.5. The molecule has 1 aromatic heterocycles. The molecule has 2 heterocycles. The van der Waals surface area contributed by atoms with E-state index < -0.39 is 23.6 Å². The van der Waals surface area contributed by atoms with E-state index in [1.54, 1.807) is 62.3 Å². The number of pyridine rings is 1. The first kappa shape index (κ1) is 31.9. The molecule has 0 fully saturated rings. The second-order valence-electron chi connectivity index (χ2n) is 11.5.